The summed E-state index contributed by atoms with van der Waals surface area (Å²) in [5, 5.41) is 2.78. The molecule has 0 aromatic heterocycles. The average molecular weight is 403 g/mol. The van der Waals surface area contributed by atoms with Crippen LogP contribution in [0.25, 0.3) is 0 Å². The van der Waals surface area contributed by atoms with E-state index < -0.39 is 12.1 Å². The molecule has 0 spiro atoms. The quantitative estimate of drug-likeness (QED) is 0.845. The SMILES string of the molecule is Cc1c(Br)cccc1N(C(=O)OCc1ccccc1)C1CCNC1=O. The summed E-state index contributed by atoms with van der Waals surface area (Å²) >= 11 is 3.48. The Morgan fingerprint density at radius 1 is 1.24 bits per heavy atom. The van der Waals surface area contributed by atoms with Crippen LogP contribution in [0.5, 0.6) is 0 Å². The molecule has 1 aliphatic heterocycles. The molecule has 1 aliphatic rings. The van der Waals surface area contributed by atoms with Gasteiger partial charge in [-0.25, -0.2) is 4.79 Å². The zero-order valence-corrected chi connectivity index (χ0v) is 15.5. The molecular formula is C19H19BrN2O3. The van der Waals surface area contributed by atoms with E-state index in [0.717, 1.165) is 15.6 Å². The van der Waals surface area contributed by atoms with E-state index in [2.05, 4.69) is 21.2 Å². The van der Waals surface area contributed by atoms with Crippen LogP contribution in [0.15, 0.2) is 53.0 Å². The van der Waals surface area contributed by atoms with Gasteiger partial charge in [0.15, 0.2) is 0 Å². The Morgan fingerprint density at radius 3 is 2.68 bits per heavy atom. The molecule has 2 aromatic carbocycles. The average Bonchev–Trinajstić information content (AvgIpc) is 3.04. The number of ether oxygens (including phenoxy) is 1. The van der Waals surface area contributed by atoms with Crippen LogP contribution in [0.1, 0.15) is 17.5 Å². The fourth-order valence-corrected chi connectivity index (χ4v) is 3.22. The third-order valence-corrected chi connectivity index (χ3v) is 5.09. The van der Waals surface area contributed by atoms with Crippen molar-refractivity contribution in [3.8, 4) is 0 Å². The van der Waals surface area contributed by atoms with Crippen molar-refractivity contribution in [2.75, 3.05) is 11.4 Å². The van der Waals surface area contributed by atoms with E-state index in [9.17, 15) is 9.59 Å². The van der Waals surface area contributed by atoms with Gasteiger partial charge in [-0.05, 0) is 36.6 Å². The van der Waals surface area contributed by atoms with E-state index >= 15 is 0 Å². The van der Waals surface area contributed by atoms with Gasteiger partial charge in [-0.15, -0.1) is 0 Å². The van der Waals surface area contributed by atoms with Gasteiger partial charge >= 0.3 is 6.09 Å². The summed E-state index contributed by atoms with van der Waals surface area (Å²) in [7, 11) is 0. The molecule has 0 radical (unpaired) electrons. The maximum Gasteiger partial charge on any atom is 0.415 e. The van der Waals surface area contributed by atoms with Gasteiger partial charge in [0.05, 0.1) is 5.69 Å². The Morgan fingerprint density at radius 2 is 2.00 bits per heavy atom. The second-order valence-corrected chi connectivity index (χ2v) is 6.74. The molecule has 1 saturated heterocycles. The van der Waals surface area contributed by atoms with Crippen molar-refractivity contribution in [3.05, 3.63) is 64.1 Å². The first-order valence-electron chi connectivity index (χ1n) is 8.10. The van der Waals surface area contributed by atoms with Crippen molar-refractivity contribution in [3.63, 3.8) is 0 Å². The smallest absolute Gasteiger partial charge is 0.415 e. The molecular weight excluding hydrogens is 384 g/mol. The third kappa shape index (κ3) is 3.85. The number of hydrogen-bond donors (Lipinski definition) is 1. The zero-order valence-electron chi connectivity index (χ0n) is 13.9. The van der Waals surface area contributed by atoms with Crippen LogP contribution in [-0.2, 0) is 16.1 Å². The van der Waals surface area contributed by atoms with Crippen molar-refractivity contribution < 1.29 is 14.3 Å². The van der Waals surface area contributed by atoms with Crippen molar-refractivity contribution in [2.45, 2.75) is 26.0 Å². The standard InChI is InChI=1S/C19H19BrN2O3/c1-13-15(20)8-5-9-16(13)22(17-10-11-21-18(17)23)19(24)25-12-14-6-3-2-4-7-14/h2-9,17H,10-12H2,1H3,(H,21,23). The number of anilines is 1. The highest BCUT2D eigenvalue weighted by molar-refractivity contribution is 9.10. The van der Waals surface area contributed by atoms with Crippen LogP contribution in [0.2, 0.25) is 0 Å². The fraction of sp³-hybridized carbons (Fsp3) is 0.263. The van der Waals surface area contributed by atoms with E-state index in [1.165, 1.54) is 4.90 Å². The van der Waals surface area contributed by atoms with Gasteiger partial charge in [0.25, 0.3) is 0 Å². The summed E-state index contributed by atoms with van der Waals surface area (Å²) in [6.45, 7) is 2.63. The Hall–Kier alpha value is -2.34. The van der Waals surface area contributed by atoms with Crippen molar-refractivity contribution in [1.29, 1.82) is 0 Å². The highest BCUT2D eigenvalue weighted by Gasteiger charge is 2.36. The largest absolute Gasteiger partial charge is 0.444 e. The topological polar surface area (TPSA) is 58.6 Å². The molecule has 0 aliphatic carbocycles. The van der Waals surface area contributed by atoms with E-state index in [4.69, 9.17) is 4.74 Å². The number of carbonyl (C=O) groups is 2. The van der Waals surface area contributed by atoms with Gasteiger partial charge in [-0.1, -0.05) is 52.3 Å². The van der Waals surface area contributed by atoms with E-state index in [1.807, 2.05) is 55.5 Å². The molecule has 1 unspecified atom stereocenters. The van der Waals surface area contributed by atoms with Crippen LogP contribution in [0, 0.1) is 6.92 Å². The second kappa shape index (κ2) is 7.70. The lowest BCUT2D eigenvalue weighted by molar-refractivity contribution is -0.120. The maximum absolute atomic E-state index is 12.8. The minimum atomic E-state index is -0.559. The van der Waals surface area contributed by atoms with Gasteiger partial charge in [-0.2, -0.15) is 0 Å². The second-order valence-electron chi connectivity index (χ2n) is 5.89. The number of nitrogens with one attached hydrogen (secondary N) is 1. The van der Waals surface area contributed by atoms with E-state index in [-0.39, 0.29) is 12.5 Å². The summed E-state index contributed by atoms with van der Waals surface area (Å²) in [4.78, 5) is 26.5. The Kier molecular flexibility index (Phi) is 5.38. The van der Waals surface area contributed by atoms with Crippen molar-refractivity contribution >= 4 is 33.6 Å². The number of hydrogen-bond acceptors (Lipinski definition) is 3. The molecule has 2 amide bonds. The van der Waals surface area contributed by atoms with Crippen LogP contribution in [0.4, 0.5) is 10.5 Å². The number of benzene rings is 2. The first-order chi connectivity index (χ1) is 12.1. The van der Waals surface area contributed by atoms with Gasteiger partial charge in [0.1, 0.15) is 12.6 Å². The van der Waals surface area contributed by atoms with Gasteiger partial charge in [0, 0.05) is 11.0 Å². The van der Waals surface area contributed by atoms with Crippen LogP contribution in [0.3, 0.4) is 0 Å². The molecule has 6 heteroatoms. The molecule has 25 heavy (non-hydrogen) atoms. The van der Waals surface area contributed by atoms with Crippen molar-refractivity contribution in [2.24, 2.45) is 0 Å². The lowest BCUT2D eigenvalue weighted by Crippen LogP contribution is -2.45. The third-order valence-electron chi connectivity index (χ3n) is 4.23. The summed E-state index contributed by atoms with van der Waals surface area (Å²) in [5.74, 6) is -0.156. The molecule has 2 aromatic rings. The van der Waals surface area contributed by atoms with E-state index in [0.29, 0.717) is 18.7 Å². The van der Waals surface area contributed by atoms with Crippen LogP contribution < -0.4 is 10.2 Å². The molecule has 1 atom stereocenters. The summed E-state index contributed by atoms with van der Waals surface area (Å²) in [5.41, 5.74) is 2.46. The van der Waals surface area contributed by atoms with Gasteiger partial charge in [0.2, 0.25) is 5.91 Å². The minimum Gasteiger partial charge on any atom is -0.444 e. The number of halogens is 1. The van der Waals surface area contributed by atoms with Crippen LogP contribution in [-0.4, -0.2) is 24.6 Å². The summed E-state index contributed by atoms with van der Waals surface area (Å²) in [6, 6.07) is 14.5. The zero-order chi connectivity index (χ0) is 17.8. The van der Waals surface area contributed by atoms with Crippen LogP contribution >= 0.6 is 15.9 Å². The summed E-state index contributed by atoms with van der Waals surface area (Å²) < 4.78 is 6.37. The number of amides is 2. The number of nitrogens with zero attached hydrogens (tertiary/aromatic N) is 1. The predicted octanol–water partition coefficient (Wildman–Crippen LogP) is 3.79. The Bertz CT molecular complexity index is 779. The normalized spacial score (nSPS) is 16.4. The Balaban J connectivity index is 1.87. The molecule has 0 saturated carbocycles. The number of rotatable bonds is 4. The molecule has 5 nitrogen and oxygen atoms in total. The maximum atomic E-state index is 12.8. The van der Waals surface area contributed by atoms with Gasteiger partial charge in [-0.3, -0.25) is 9.69 Å². The highest BCUT2D eigenvalue weighted by atomic mass is 79.9. The monoisotopic (exact) mass is 402 g/mol. The van der Waals surface area contributed by atoms with Gasteiger partial charge < -0.3 is 10.1 Å². The lowest BCUT2D eigenvalue weighted by Gasteiger charge is -2.28. The first kappa shape index (κ1) is 17.5. The lowest BCUT2D eigenvalue weighted by atomic mass is 10.1. The molecule has 130 valence electrons. The first-order valence-corrected chi connectivity index (χ1v) is 8.90. The Labute approximate surface area is 155 Å². The fourth-order valence-electron chi connectivity index (χ4n) is 2.87. The minimum absolute atomic E-state index is 0.156. The predicted molar refractivity (Wildman–Crippen MR) is 99.4 cm³/mol. The molecule has 1 heterocycles. The number of carbonyl (C=O) groups excluding carboxylic acids is 2. The molecule has 1 fully saturated rings. The molecule has 1 N–H and O–H groups in total. The van der Waals surface area contributed by atoms with Crippen molar-refractivity contribution in [1.82, 2.24) is 5.32 Å². The van der Waals surface area contributed by atoms with E-state index in [1.54, 1.807) is 0 Å². The molecule has 0 bridgehead atoms. The highest BCUT2D eigenvalue weighted by Crippen LogP contribution is 2.30. The molecule has 3 rings (SSSR count). The summed E-state index contributed by atoms with van der Waals surface area (Å²) in [6.07, 6.45) is 0.0395.